The molecule has 1 saturated heterocycles. The smallest absolute Gasteiger partial charge is 0.251 e. The summed E-state index contributed by atoms with van der Waals surface area (Å²) in [5.41, 5.74) is 1.06. The van der Waals surface area contributed by atoms with Gasteiger partial charge in [-0.1, -0.05) is 6.07 Å². The summed E-state index contributed by atoms with van der Waals surface area (Å²) in [6.45, 7) is 3.30. The third-order valence-corrected chi connectivity index (χ3v) is 8.45. The van der Waals surface area contributed by atoms with Crippen LogP contribution in [0.4, 0.5) is 0 Å². The first-order valence-corrected chi connectivity index (χ1v) is 12.3. The summed E-state index contributed by atoms with van der Waals surface area (Å²) in [4.78, 5) is 15.1. The number of thioether (sulfide) groups is 1. The molecule has 6 nitrogen and oxygen atoms in total. The van der Waals surface area contributed by atoms with Gasteiger partial charge in [0.2, 0.25) is 10.0 Å². The predicted octanol–water partition coefficient (Wildman–Crippen LogP) is 1.25. The van der Waals surface area contributed by atoms with Crippen LogP contribution in [0.5, 0.6) is 0 Å². The van der Waals surface area contributed by atoms with Crippen molar-refractivity contribution in [2.75, 3.05) is 38.2 Å². The fraction of sp³-hybridized carbons (Fsp3) is 0.722. The Kier molecular flexibility index (Phi) is 5.20. The van der Waals surface area contributed by atoms with Crippen LogP contribution in [0.1, 0.15) is 36.9 Å². The highest BCUT2D eigenvalue weighted by molar-refractivity contribution is 7.98. The van der Waals surface area contributed by atoms with E-state index < -0.39 is 10.0 Å². The van der Waals surface area contributed by atoms with Gasteiger partial charge in [-0.25, -0.2) is 13.1 Å². The Bertz CT molecular complexity index is 819. The summed E-state index contributed by atoms with van der Waals surface area (Å²) in [6, 6.07) is 5.38. The van der Waals surface area contributed by atoms with Crippen molar-refractivity contribution < 1.29 is 8.42 Å². The number of hydrogen-bond donors (Lipinski definition) is 1. The third kappa shape index (κ3) is 3.61. The van der Waals surface area contributed by atoms with Gasteiger partial charge in [-0.15, -0.1) is 0 Å². The zero-order valence-electron chi connectivity index (χ0n) is 15.1. The molecule has 0 spiro atoms. The fourth-order valence-electron chi connectivity index (χ4n) is 4.50. The molecule has 1 aliphatic carbocycles. The van der Waals surface area contributed by atoms with Crippen molar-refractivity contribution >= 4 is 21.8 Å². The van der Waals surface area contributed by atoms with E-state index in [0.717, 1.165) is 50.3 Å². The maximum Gasteiger partial charge on any atom is 0.251 e. The second-order valence-electron chi connectivity index (χ2n) is 7.76. The van der Waals surface area contributed by atoms with Gasteiger partial charge in [0.1, 0.15) is 0 Å². The molecule has 0 unspecified atom stereocenters. The van der Waals surface area contributed by atoms with E-state index in [0.29, 0.717) is 18.4 Å². The first kappa shape index (κ1) is 18.5. The molecule has 1 N–H and O–H groups in total. The number of hydrogen-bond acceptors (Lipinski definition) is 5. The second-order valence-corrected chi connectivity index (χ2v) is 10.8. The summed E-state index contributed by atoms with van der Waals surface area (Å²) in [7, 11) is -3.24. The van der Waals surface area contributed by atoms with Crippen LogP contribution in [-0.4, -0.2) is 61.3 Å². The highest BCUT2D eigenvalue weighted by Gasteiger charge is 2.42. The number of fused-ring (bicyclic) bond motifs is 4. The van der Waals surface area contributed by atoms with Gasteiger partial charge in [-0.05, 0) is 37.5 Å². The van der Waals surface area contributed by atoms with E-state index >= 15 is 0 Å². The van der Waals surface area contributed by atoms with Crippen molar-refractivity contribution in [3.63, 3.8) is 0 Å². The summed E-state index contributed by atoms with van der Waals surface area (Å²) in [5.74, 6) is 1.77. The Labute approximate surface area is 159 Å². The molecule has 8 heteroatoms. The standard InChI is InChI=1S/C18H27N3O3S2/c1-25-8-7-20-11-13-9-14(12-20)17(10-19-26(23,24)15-5-6-15)21-16(13)3-2-4-18(21)22/h2-4,13-15,17,19H,5-12H2,1H3/t13-,14+,17+/m1/s1. The predicted molar refractivity (Wildman–Crippen MR) is 105 cm³/mol. The molecule has 1 aromatic heterocycles. The van der Waals surface area contributed by atoms with E-state index in [-0.39, 0.29) is 16.9 Å². The molecule has 0 radical (unpaired) electrons. The number of nitrogens with zero attached hydrogens (tertiary/aromatic N) is 2. The molecule has 3 atom stereocenters. The van der Waals surface area contributed by atoms with E-state index in [1.165, 1.54) is 0 Å². The van der Waals surface area contributed by atoms with Gasteiger partial charge in [-0.3, -0.25) is 4.79 Å². The average molecular weight is 398 g/mol. The Morgan fingerprint density at radius 3 is 2.81 bits per heavy atom. The number of pyridine rings is 1. The molecule has 2 fully saturated rings. The highest BCUT2D eigenvalue weighted by atomic mass is 32.2. The van der Waals surface area contributed by atoms with Gasteiger partial charge in [-0.2, -0.15) is 11.8 Å². The molecule has 3 heterocycles. The number of nitrogens with one attached hydrogen (secondary N) is 1. The SMILES string of the molecule is CSCCN1C[C@H]2C[C@@H](C1)[C@H](CNS(=O)(=O)C1CC1)n1c2cccc1=O. The van der Waals surface area contributed by atoms with Crippen molar-refractivity contribution in [1.29, 1.82) is 0 Å². The molecular formula is C18H27N3O3S2. The molecule has 2 aliphatic heterocycles. The number of sulfonamides is 1. The topological polar surface area (TPSA) is 71.4 Å². The van der Waals surface area contributed by atoms with Crippen LogP contribution in [0.15, 0.2) is 23.0 Å². The van der Waals surface area contributed by atoms with Gasteiger partial charge >= 0.3 is 0 Å². The minimum absolute atomic E-state index is 0.00890. The minimum atomic E-state index is -3.24. The summed E-state index contributed by atoms with van der Waals surface area (Å²) in [5, 5.41) is -0.227. The fourth-order valence-corrected chi connectivity index (χ4v) is 6.34. The molecule has 3 aliphatic rings. The number of aromatic nitrogens is 1. The minimum Gasteiger partial charge on any atom is -0.308 e. The number of rotatable bonds is 7. The van der Waals surface area contributed by atoms with Crippen molar-refractivity contribution in [1.82, 2.24) is 14.2 Å². The maximum atomic E-state index is 12.6. The van der Waals surface area contributed by atoms with Crippen molar-refractivity contribution in [3.05, 3.63) is 34.2 Å². The van der Waals surface area contributed by atoms with Crippen LogP contribution in [0.2, 0.25) is 0 Å². The van der Waals surface area contributed by atoms with Crippen molar-refractivity contribution in [3.8, 4) is 0 Å². The molecule has 0 aromatic carbocycles. The summed E-state index contributed by atoms with van der Waals surface area (Å²) < 4.78 is 29.3. The Morgan fingerprint density at radius 2 is 2.08 bits per heavy atom. The van der Waals surface area contributed by atoms with Crippen LogP contribution in [0.3, 0.4) is 0 Å². The largest absolute Gasteiger partial charge is 0.308 e. The zero-order chi connectivity index (χ0) is 18.3. The molecule has 26 heavy (non-hydrogen) atoms. The van der Waals surface area contributed by atoms with E-state index in [2.05, 4.69) is 15.9 Å². The second kappa shape index (κ2) is 7.30. The van der Waals surface area contributed by atoms with Gasteiger partial charge in [0.05, 0.1) is 11.3 Å². The average Bonchev–Trinajstić information content (AvgIpc) is 3.46. The van der Waals surface area contributed by atoms with Crippen LogP contribution < -0.4 is 10.3 Å². The van der Waals surface area contributed by atoms with Crippen molar-refractivity contribution in [2.24, 2.45) is 5.92 Å². The number of piperidine rings is 1. The van der Waals surface area contributed by atoms with E-state index in [1.54, 1.807) is 6.07 Å². The lowest BCUT2D eigenvalue weighted by Crippen LogP contribution is -2.52. The van der Waals surface area contributed by atoms with Gasteiger partial charge in [0, 0.05) is 49.6 Å². The molecule has 1 saturated carbocycles. The quantitative estimate of drug-likeness (QED) is 0.750. The summed E-state index contributed by atoms with van der Waals surface area (Å²) in [6.07, 6.45) is 4.67. The Hall–Kier alpha value is -0.830. The van der Waals surface area contributed by atoms with E-state index in [1.807, 2.05) is 28.5 Å². The van der Waals surface area contributed by atoms with E-state index in [9.17, 15) is 13.2 Å². The zero-order valence-corrected chi connectivity index (χ0v) is 16.8. The van der Waals surface area contributed by atoms with Gasteiger partial charge < -0.3 is 9.47 Å². The first-order chi connectivity index (χ1) is 12.5. The molecule has 4 rings (SSSR count). The Balaban J connectivity index is 1.61. The maximum absolute atomic E-state index is 12.6. The highest BCUT2D eigenvalue weighted by Crippen LogP contribution is 2.41. The Morgan fingerprint density at radius 1 is 1.27 bits per heavy atom. The normalized spacial score (nSPS) is 28.7. The van der Waals surface area contributed by atoms with Crippen LogP contribution in [0.25, 0.3) is 0 Å². The molecule has 144 valence electrons. The lowest BCUT2D eigenvalue weighted by molar-refractivity contribution is 0.0969. The third-order valence-electron chi connectivity index (χ3n) is 5.94. The molecule has 1 aromatic rings. The van der Waals surface area contributed by atoms with Crippen LogP contribution in [0, 0.1) is 5.92 Å². The van der Waals surface area contributed by atoms with Gasteiger partial charge in [0.15, 0.2) is 0 Å². The molecular weight excluding hydrogens is 370 g/mol. The van der Waals surface area contributed by atoms with E-state index in [4.69, 9.17) is 0 Å². The lowest BCUT2D eigenvalue weighted by atomic mass is 9.78. The van der Waals surface area contributed by atoms with Crippen LogP contribution >= 0.6 is 11.8 Å². The first-order valence-electron chi connectivity index (χ1n) is 9.41. The summed E-state index contributed by atoms with van der Waals surface area (Å²) >= 11 is 1.85. The monoisotopic (exact) mass is 397 g/mol. The van der Waals surface area contributed by atoms with Gasteiger partial charge in [0.25, 0.3) is 5.56 Å². The molecule has 0 amide bonds. The van der Waals surface area contributed by atoms with Crippen LogP contribution in [-0.2, 0) is 10.0 Å². The molecule has 2 bridgehead atoms. The lowest BCUT2D eigenvalue weighted by Gasteiger charge is -2.47. The number of likely N-dealkylation sites (tertiary alicyclic amines) is 1. The van der Waals surface area contributed by atoms with Crippen molar-refractivity contribution in [2.45, 2.75) is 36.5 Å².